The van der Waals surface area contributed by atoms with E-state index in [1.807, 2.05) is 48.5 Å². The molecular weight excluding hydrogens is 300 g/mol. The molecule has 0 aliphatic carbocycles. The van der Waals surface area contributed by atoms with Crippen LogP contribution in [0.5, 0.6) is 5.75 Å². The number of ether oxygens (including phenoxy) is 1. The lowest BCUT2D eigenvalue weighted by Crippen LogP contribution is -2.24. The third kappa shape index (κ3) is 5.95. The van der Waals surface area contributed by atoms with Gasteiger partial charge in [-0.25, -0.2) is 0 Å². The van der Waals surface area contributed by atoms with Crippen molar-refractivity contribution < 1.29 is 9.53 Å². The fraction of sp³-hybridized carbons (Fsp3) is 0.350. The third-order valence-corrected chi connectivity index (χ3v) is 3.80. The van der Waals surface area contributed by atoms with Crippen molar-refractivity contribution in [1.29, 1.82) is 0 Å². The molecule has 2 aromatic carbocycles. The minimum Gasteiger partial charge on any atom is -0.487 e. The van der Waals surface area contributed by atoms with Gasteiger partial charge in [-0.3, -0.25) is 4.79 Å². The average Bonchev–Trinajstić information content (AvgIpc) is 2.60. The monoisotopic (exact) mass is 326 g/mol. The van der Waals surface area contributed by atoms with Crippen LogP contribution in [0, 0.1) is 0 Å². The Bertz CT molecular complexity index is 641. The topological polar surface area (TPSA) is 64.3 Å². The van der Waals surface area contributed by atoms with E-state index in [0.29, 0.717) is 30.9 Å². The molecule has 0 fully saturated rings. The summed E-state index contributed by atoms with van der Waals surface area (Å²) in [7, 11) is 0. The maximum Gasteiger partial charge on any atom is 0.220 e. The van der Waals surface area contributed by atoms with Crippen molar-refractivity contribution in [2.75, 3.05) is 12.3 Å². The fourth-order valence-corrected chi connectivity index (χ4v) is 2.37. The Kier molecular flexibility index (Phi) is 7.15. The van der Waals surface area contributed by atoms with E-state index < -0.39 is 0 Å². The van der Waals surface area contributed by atoms with Gasteiger partial charge >= 0.3 is 0 Å². The number of amides is 1. The van der Waals surface area contributed by atoms with Gasteiger partial charge in [-0.2, -0.15) is 0 Å². The molecule has 4 heteroatoms. The number of hydrogen-bond acceptors (Lipinski definition) is 3. The second kappa shape index (κ2) is 9.60. The molecule has 24 heavy (non-hydrogen) atoms. The number of carbonyl (C=O) groups excluding carboxylic acids is 1. The molecule has 0 spiro atoms. The zero-order valence-corrected chi connectivity index (χ0v) is 14.3. The zero-order valence-electron chi connectivity index (χ0n) is 14.3. The van der Waals surface area contributed by atoms with Crippen LogP contribution in [0.1, 0.15) is 37.3 Å². The summed E-state index contributed by atoms with van der Waals surface area (Å²) in [5, 5.41) is 2.92. The summed E-state index contributed by atoms with van der Waals surface area (Å²) in [5.41, 5.74) is 8.82. The standard InChI is InChI=1S/C20H26N2O2/c1-2-3-13-22-20(23)12-10-16-9-11-19(18(21)14-16)24-15-17-7-5-4-6-8-17/h4-9,11,14H,2-3,10,12-13,15,21H2,1H3,(H,22,23). The highest BCUT2D eigenvalue weighted by Crippen LogP contribution is 2.24. The largest absolute Gasteiger partial charge is 0.487 e. The van der Waals surface area contributed by atoms with Crippen molar-refractivity contribution >= 4 is 11.6 Å². The van der Waals surface area contributed by atoms with Crippen LogP contribution in [-0.4, -0.2) is 12.5 Å². The van der Waals surface area contributed by atoms with Crippen LogP contribution >= 0.6 is 0 Å². The minimum absolute atomic E-state index is 0.0893. The first-order valence-electron chi connectivity index (χ1n) is 8.51. The second-order valence-electron chi connectivity index (χ2n) is 5.85. The Labute approximate surface area is 144 Å². The Hall–Kier alpha value is -2.49. The molecule has 2 aromatic rings. The van der Waals surface area contributed by atoms with E-state index in [0.717, 1.165) is 30.5 Å². The Morgan fingerprint density at radius 1 is 1.12 bits per heavy atom. The van der Waals surface area contributed by atoms with E-state index in [1.165, 1.54) is 0 Å². The molecule has 0 heterocycles. The number of carbonyl (C=O) groups is 1. The van der Waals surface area contributed by atoms with Crippen molar-refractivity contribution in [2.45, 2.75) is 39.2 Å². The molecule has 0 saturated heterocycles. The Morgan fingerprint density at radius 2 is 1.92 bits per heavy atom. The molecule has 4 nitrogen and oxygen atoms in total. The number of hydrogen-bond donors (Lipinski definition) is 2. The molecule has 1 amide bonds. The molecule has 0 saturated carbocycles. The van der Waals surface area contributed by atoms with Crippen LogP contribution in [0.3, 0.4) is 0 Å². The van der Waals surface area contributed by atoms with Crippen LogP contribution in [0.25, 0.3) is 0 Å². The Morgan fingerprint density at radius 3 is 2.62 bits per heavy atom. The number of unbranched alkanes of at least 4 members (excludes halogenated alkanes) is 1. The number of aryl methyl sites for hydroxylation is 1. The van der Waals surface area contributed by atoms with Crippen molar-refractivity contribution in [2.24, 2.45) is 0 Å². The molecule has 2 rings (SSSR count). The normalized spacial score (nSPS) is 10.4. The fourth-order valence-electron chi connectivity index (χ4n) is 2.37. The van der Waals surface area contributed by atoms with Gasteiger partial charge in [0.2, 0.25) is 5.91 Å². The first-order valence-corrected chi connectivity index (χ1v) is 8.51. The number of anilines is 1. The predicted molar refractivity (Wildman–Crippen MR) is 97.9 cm³/mol. The third-order valence-electron chi connectivity index (χ3n) is 3.80. The van der Waals surface area contributed by atoms with Crippen molar-refractivity contribution in [3.63, 3.8) is 0 Å². The minimum atomic E-state index is 0.0893. The van der Waals surface area contributed by atoms with Gasteiger partial charge in [0, 0.05) is 13.0 Å². The summed E-state index contributed by atoms with van der Waals surface area (Å²) in [6.45, 7) is 3.35. The summed E-state index contributed by atoms with van der Waals surface area (Å²) in [6, 6.07) is 15.7. The van der Waals surface area contributed by atoms with E-state index >= 15 is 0 Å². The number of nitrogen functional groups attached to an aromatic ring is 1. The summed E-state index contributed by atoms with van der Waals surface area (Å²) in [5.74, 6) is 0.765. The van der Waals surface area contributed by atoms with Crippen molar-refractivity contribution in [3.8, 4) is 5.75 Å². The van der Waals surface area contributed by atoms with Crippen LogP contribution in [0.4, 0.5) is 5.69 Å². The second-order valence-corrected chi connectivity index (χ2v) is 5.85. The lowest BCUT2D eigenvalue weighted by atomic mass is 10.1. The summed E-state index contributed by atoms with van der Waals surface area (Å²) in [6.07, 6.45) is 3.27. The summed E-state index contributed by atoms with van der Waals surface area (Å²) in [4.78, 5) is 11.7. The first kappa shape index (κ1) is 17.9. The van der Waals surface area contributed by atoms with Gasteiger partial charge in [0.05, 0.1) is 5.69 Å². The highest BCUT2D eigenvalue weighted by Gasteiger charge is 2.05. The smallest absolute Gasteiger partial charge is 0.220 e. The van der Waals surface area contributed by atoms with Gasteiger partial charge in [-0.1, -0.05) is 49.7 Å². The van der Waals surface area contributed by atoms with Crippen LogP contribution in [0.15, 0.2) is 48.5 Å². The van der Waals surface area contributed by atoms with Gasteiger partial charge in [0.15, 0.2) is 0 Å². The lowest BCUT2D eigenvalue weighted by Gasteiger charge is -2.11. The lowest BCUT2D eigenvalue weighted by molar-refractivity contribution is -0.121. The van der Waals surface area contributed by atoms with E-state index in [9.17, 15) is 4.79 Å². The van der Waals surface area contributed by atoms with Gasteiger partial charge in [0.25, 0.3) is 0 Å². The van der Waals surface area contributed by atoms with Crippen LogP contribution < -0.4 is 15.8 Å². The highest BCUT2D eigenvalue weighted by atomic mass is 16.5. The quantitative estimate of drug-likeness (QED) is 0.545. The molecule has 0 bridgehead atoms. The van der Waals surface area contributed by atoms with Gasteiger partial charge in [-0.05, 0) is 36.1 Å². The van der Waals surface area contributed by atoms with E-state index in [-0.39, 0.29) is 5.91 Å². The molecule has 0 aromatic heterocycles. The number of benzene rings is 2. The van der Waals surface area contributed by atoms with Crippen molar-refractivity contribution in [3.05, 3.63) is 59.7 Å². The molecule has 0 unspecified atom stereocenters. The number of nitrogens with two attached hydrogens (primary N) is 1. The van der Waals surface area contributed by atoms with Gasteiger partial charge in [0.1, 0.15) is 12.4 Å². The first-order chi connectivity index (χ1) is 11.7. The molecule has 0 aliphatic rings. The summed E-state index contributed by atoms with van der Waals surface area (Å²) < 4.78 is 5.76. The van der Waals surface area contributed by atoms with E-state index in [4.69, 9.17) is 10.5 Å². The predicted octanol–water partition coefficient (Wildman–Crippen LogP) is 3.70. The maximum atomic E-state index is 11.7. The molecule has 3 N–H and O–H groups in total. The molecule has 0 radical (unpaired) electrons. The molecule has 0 atom stereocenters. The SMILES string of the molecule is CCCCNC(=O)CCc1ccc(OCc2ccccc2)c(N)c1. The van der Waals surface area contributed by atoms with E-state index in [1.54, 1.807) is 0 Å². The molecule has 128 valence electrons. The molecule has 0 aliphatic heterocycles. The van der Waals surface area contributed by atoms with Crippen LogP contribution in [0.2, 0.25) is 0 Å². The van der Waals surface area contributed by atoms with Crippen LogP contribution in [-0.2, 0) is 17.8 Å². The number of rotatable bonds is 9. The van der Waals surface area contributed by atoms with Gasteiger partial charge in [-0.15, -0.1) is 0 Å². The Balaban J connectivity index is 1.82. The summed E-state index contributed by atoms with van der Waals surface area (Å²) >= 11 is 0. The average molecular weight is 326 g/mol. The molecular formula is C20H26N2O2. The highest BCUT2D eigenvalue weighted by molar-refractivity contribution is 5.76. The number of nitrogens with one attached hydrogen (secondary N) is 1. The van der Waals surface area contributed by atoms with Crippen molar-refractivity contribution in [1.82, 2.24) is 5.32 Å². The zero-order chi connectivity index (χ0) is 17.2. The van der Waals surface area contributed by atoms with E-state index in [2.05, 4.69) is 12.2 Å². The van der Waals surface area contributed by atoms with Gasteiger partial charge < -0.3 is 15.8 Å². The maximum absolute atomic E-state index is 11.7.